The van der Waals surface area contributed by atoms with Crippen LogP contribution in [0.2, 0.25) is 0 Å². The van der Waals surface area contributed by atoms with Gasteiger partial charge in [-0.1, -0.05) is 77.6 Å². The Morgan fingerprint density at radius 2 is 1.73 bits per heavy atom. The molecule has 4 atom stereocenters. The first-order valence-corrected chi connectivity index (χ1v) is 17.4. The molecule has 1 aliphatic heterocycles. The van der Waals surface area contributed by atoms with Crippen LogP contribution in [0.1, 0.15) is 125 Å². The van der Waals surface area contributed by atoms with Gasteiger partial charge in [0.2, 0.25) is 11.8 Å². The number of amides is 2. The highest BCUT2D eigenvalue weighted by atomic mass is 16.5. The van der Waals surface area contributed by atoms with Gasteiger partial charge in [0, 0.05) is 36.2 Å². The molecule has 1 aromatic rings. The summed E-state index contributed by atoms with van der Waals surface area (Å²) in [5.74, 6) is 0.0120. The fraction of sp³-hybridized carbons (Fsp3) is 0.694. The molecule has 2 amide bonds. The van der Waals surface area contributed by atoms with Crippen molar-refractivity contribution in [3.05, 3.63) is 34.9 Å². The topological polar surface area (TPSA) is 125 Å². The van der Waals surface area contributed by atoms with E-state index in [4.69, 9.17) is 9.47 Å². The lowest BCUT2D eigenvalue weighted by Crippen LogP contribution is -2.56. The maximum Gasteiger partial charge on any atom is 0.247 e. The fourth-order valence-corrected chi connectivity index (χ4v) is 7.33. The molecule has 0 bridgehead atoms. The van der Waals surface area contributed by atoms with Crippen LogP contribution in [0.15, 0.2) is 23.8 Å². The van der Waals surface area contributed by atoms with E-state index in [0.717, 1.165) is 44.9 Å². The first kappa shape index (κ1) is 35.0. The summed E-state index contributed by atoms with van der Waals surface area (Å²) in [6, 6.07) is 2.50. The van der Waals surface area contributed by atoms with Gasteiger partial charge in [0.05, 0.1) is 25.7 Å². The highest BCUT2D eigenvalue weighted by Gasteiger charge is 2.51. The van der Waals surface area contributed by atoms with E-state index < -0.39 is 30.1 Å². The summed E-state index contributed by atoms with van der Waals surface area (Å²) >= 11 is 0. The molecular formula is C36H54N2O7. The van der Waals surface area contributed by atoms with Crippen LogP contribution in [0.5, 0.6) is 11.5 Å². The average Bonchev–Trinajstić information content (AvgIpc) is 3.45. The zero-order valence-corrected chi connectivity index (χ0v) is 27.3. The molecule has 1 fully saturated rings. The third-order valence-corrected chi connectivity index (χ3v) is 9.76. The SMILES string of the molecule is CCCCCCCCCCCC(=O)N(CC1CCCCC1)[C@@H]1C=C(C(=O)NCCO)[C@@H]2c3cc(C=O)cc(OC)c3O[C@@H]2[C@H]1O. The highest BCUT2D eigenvalue weighted by Crippen LogP contribution is 2.51. The Bertz CT molecular complexity index is 1160. The number of benzene rings is 1. The monoisotopic (exact) mass is 626 g/mol. The molecule has 0 unspecified atom stereocenters. The molecule has 0 spiro atoms. The summed E-state index contributed by atoms with van der Waals surface area (Å²) in [7, 11) is 1.48. The van der Waals surface area contributed by atoms with Crippen molar-refractivity contribution >= 4 is 18.1 Å². The number of nitrogens with one attached hydrogen (secondary N) is 1. The molecule has 4 rings (SSSR count). The maximum absolute atomic E-state index is 14.0. The second-order valence-corrected chi connectivity index (χ2v) is 13.0. The van der Waals surface area contributed by atoms with Crippen LogP contribution in [0, 0.1) is 5.92 Å². The molecule has 0 radical (unpaired) electrons. The van der Waals surface area contributed by atoms with E-state index in [-0.39, 0.29) is 19.1 Å². The maximum atomic E-state index is 14.0. The quantitative estimate of drug-likeness (QED) is 0.146. The lowest BCUT2D eigenvalue weighted by Gasteiger charge is -2.42. The number of methoxy groups -OCH3 is 1. The van der Waals surface area contributed by atoms with Crippen LogP contribution in [-0.2, 0) is 9.59 Å². The standard InChI is InChI=1S/C36H54N2O7/c1-3-4-5-6-7-8-9-10-14-17-31(41)38(23-25-15-12-11-13-16-25)29-22-28(36(43)37-18-19-39)32-27-20-26(24-40)21-30(44-2)34(27)45-35(32)33(29)42/h20-22,24-25,29,32-33,35,39,42H,3-19,23H2,1-2H3,(H,37,43)/t29-,32+,33+,35+/m1/s1. The lowest BCUT2D eigenvalue weighted by atomic mass is 9.76. The van der Waals surface area contributed by atoms with E-state index in [0.29, 0.717) is 53.4 Å². The Labute approximate surface area is 268 Å². The van der Waals surface area contributed by atoms with Crippen LogP contribution in [0.3, 0.4) is 0 Å². The van der Waals surface area contributed by atoms with E-state index in [1.54, 1.807) is 23.1 Å². The van der Waals surface area contributed by atoms with Crippen molar-refractivity contribution in [2.75, 3.05) is 26.8 Å². The third kappa shape index (κ3) is 8.88. The van der Waals surface area contributed by atoms with Gasteiger partial charge >= 0.3 is 0 Å². The molecule has 3 N–H and O–H groups in total. The molecule has 1 aromatic carbocycles. The summed E-state index contributed by atoms with van der Waals surface area (Å²) in [4.78, 5) is 41.1. The first-order chi connectivity index (χ1) is 21.9. The van der Waals surface area contributed by atoms with Crippen molar-refractivity contribution in [1.29, 1.82) is 0 Å². The minimum atomic E-state index is -1.10. The van der Waals surface area contributed by atoms with E-state index in [9.17, 15) is 24.6 Å². The molecule has 3 aliphatic rings. The molecular weight excluding hydrogens is 572 g/mol. The number of hydrogen-bond donors (Lipinski definition) is 3. The minimum Gasteiger partial charge on any atom is -0.493 e. The van der Waals surface area contributed by atoms with Gasteiger partial charge in [-0.15, -0.1) is 0 Å². The van der Waals surface area contributed by atoms with E-state index in [2.05, 4.69) is 12.2 Å². The summed E-state index contributed by atoms with van der Waals surface area (Å²) < 4.78 is 11.9. The minimum absolute atomic E-state index is 0.00582. The first-order valence-electron chi connectivity index (χ1n) is 17.4. The van der Waals surface area contributed by atoms with Crippen molar-refractivity contribution in [1.82, 2.24) is 10.2 Å². The number of unbranched alkanes of at least 4 members (excludes halogenated alkanes) is 8. The van der Waals surface area contributed by atoms with Gasteiger partial charge in [-0.3, -0.25) is 14.4 Å². The Hall–Kier alpha value is -2.91. The zero-order chi connectivity index (χ0) is 32.2. The van der Waals surface area contributed by atoms with Crippen LogP contribution >= 0.6 is 0 Å². The molecule has 2 aliphatic carbocycles. The molecule has 250 valence electrons. The predicted molar refractivity (Wildman–Crippen MR) is 174 cm³/mol. The second-order valence-electron chi connectivity index (χ2n) is 13.0. The third-order valence-electron chi connectivity index (χ3n) is 9.76. The fourth-order valence-electron chi connectivity index (χ4n) is 7.33. The van der Waals surface area contributed by atoms with E-state index in [1.165, 1.54) is 52.1 Å². The van der Waals surface area contributed by atoms with Gasteiger partial charge in [-0.2, -0.15) is 0 Å². The lowest BCUT2D eigenvalue weighted by molar-refractivity contribution is -0.138. The average molecular weight is 627 g/mol. The van der Waals surface area contributed by atoms with Crippen molar-refractivity contribution in [2.45, 2.75) is 127 Å². The molecule has 1 heterocycles. The zero-order valence-electron chi connectivity index (χ0n) is 27.3. The number of aliphatic hydroxyl groups excluding tert-OH is 2. The van der Waals surface area contributed by atoms with Gasteiger partial charge < -0.3 is 29.9 Å². The van der Waals surface area contributed by atoms with Crippen LogP contribution in [-0.4, -0.2) is 78.3 Å². The largest absolute Gasteiger partial charge is 0.493 e. The molecule has 0 aromatic heterocycles. The van der Waals surface area contributed by atoms with Crippen LogP contribution in [0.4, 0.5) is 0 Å². The van der Waals surface area contributed by atoms with Crippen LogP contribution in [0.25, 0.3) is 0 Å². The van der Waals surface area contributed by atoms with Crippen molar-refractivity contribution < 1.29 is 34.1 Å². The van der Waals surface area contributed by atoms with Crippen molar-refractivity contribution in [3.8, 4) is 11.5 Å². The molecule has 0 saturated heterocycles. The summed E-state index contributed by atoms with van der Waals surface area (Å²) in [6.45, 7) is 2.60. The van der Waals surface area contributed by atoms with E-state index in [1.807, 2.05) is 0 Å². The molecule has 45 heavy (non-hydrogen) atoms. The predicted octanol–water partition coefficient (Wildman–Crippen LogP) is 5.46. The number of hydrogen-bond acceptors (Lipinski definition) is 7. The van der Waals surface area contributed by atoms with Gasteiger partial charge in [0.25, 0.3) is 0 Å². The number of aliphatic hydroxyl groups is 2. The van der Waals surface area contributed by atoms with Crippen molar-refractivity contribution in [2.24, 2.45) is 5.92 Å². The van der Waals surface area contributed by atoms with Gasteiger partial charge in [0.1, 0.15) is 18.5 Å². The second kappa shape index (κ2) is 17.7. The number of fused-ring (bicyclic) bond motifs is 3. The Kier molecular flexibility index (Phi) is 13.7. The summed E-state index contributed by atoms with van der Waals surface area (Å²) in [6.07, 6.45) is 16.9. The van der Waals surface area contributed by atoms with Gasteiger partial charge in [-0.05, 0) is 43.4 Å². The highest BCUT2D eigenvalue weighted by molar-refractivity contribution is 5.96. The van der Waals surface area contributed by atoms with Gasteiger partial charge in [-0.25, -0.2) is 0 Å². The Morgan fingerprint density at radius 3 is 2.38 bits per heavy atom. The number of aldehydes is 1. The Morgan fingerprint density at radius 1 is 1.04 bits per heavy atom. The number of carbonyl (C=O) groups is 3. The Balaban J connectivity index is 1.58. The normalized spacial score (nSPS) is 22.5. The summed E-state index contributed by atoms with van der Waals surface area (Å²) in [5.41, 5.74) is 1.32. The number of nitrogens with zero attached hydrogens (tertiary/aromatic N) is 1. The number of carbonyl (C=O) groups excluding carboxylic acids is 3. The summed E-state index contributed by atoms with van der Waals surface area (Å²) in [5, 5.41) is 24.1. The van der Waals surface area contributed by atoms with E-state index >= 15 is 0 Å². The number of rotatable bonds is 18. The number of ether oxygens (including phenoxy) is 2. The molecule has 9 nitrogen and oxygen atoms in total. The van der Waals surface area contributed by atoms with Crippen LogP contribution < -0.4 is 14.8 Å². The van der Waals surface area contributed by atoms with Crippen molar-refractivity contribution in [3.63, 3.8) is 0 Å². The smallest absolute Gasteiger partial charge is 0.247 e. The molecule has 1 saturated carbocycles. The van der Waals surface area contributed by atoms with Gasteiger partial charge in [0.15, 0.2) is 11.5 Å². The molecule has 9 heteroatoms.